The Morgan fingerprint density at radius 1 is 1.17 bits per heavy atom. The standard InChI is InChI=1S/C17H17ClN2O3/c1-10-3-6-13(7-4-10)20-16(21)11(2)23-17(22)12-5-8-14(18)15(19)9-12/h3-9,11H,19H2,1-2H3,(H,20,21)/t11-/m1/s1. The number of carbonyl (C=O) groups excluding carboxylic acids is 2. The van der Waals surface area contributed by atoms with Gasteiger partial charge in [-0.05, 0) is 44.2 Å². The van der Waals surface area contributed by atoms with Crippen molar-refractivity contribution in [1.82, 2.24) is 0 Å². The number of aryl methyl sites for hydroxylation is 1. The Bertz CT molecular complexity index is 729. The maximum Gasteiger partial charge on any atom is 0.338 e. The third-order valence-corrected chi connectivity index (χ3v) is 3.55. The smallest absolute Gasteiger partial charge is 0.338 e. The average Bonchev–Trinajstić information content (AvgIpc) is 2.52. The molecule has 0 unspecified atom stereocenters. The van der Waals surface area contributed by atoms with Crippen molar-refractivity contribution in [2.75, 3.05) is 11.1 Å². The van der Waals surface area contributed by atoms with Gasteiger partial charge >= 0.3 is 5.97 Å². The Labute approximate surface area is 139 Å². The second-order valence-electron chi connectivity index (χ2n) is 5.14. The van der Waals surface area contributed by atoms with Gasteiger partial charge in [0.2, 0.25) is 0 Å². The minimum absolute atomic E-state index is 0.238. The van der Waals surface area contributed by atoms with E-state index in [0.717, 1.165) is 5.56 Å². The molecule has 2 aromatic carbocycles. The molecule has 0 saturated carbocycles. The van der Waals surface area contributed by atoms with Crippen LogP contribution in [0.4, 0.5) is 11.4 Å². The van der Waals surface area contributed by atoms with Crippen LogP contribution in [0.1, 0.15) is 22.8 Å². The lowest BCUT2D eigenvalue weighted by Gasteiger charge is -2.14. The monoisotopic (exact) mass is 332 g/mol. The summed E-state index contributed by atoms with van der Waals surface area (Å²) in [6.07, 6.45) is -0.944. The normalized spacial score (nSPS) is 11.6. The Hall–Kier alpha value is -2.53. The van der Waals surface area contributed by atoms with Crippen molar-refractivity contribution in [3.8, 4) is 0 Å². The predicted octanol–water partition coefficient (Wildman–Crippen LogP) is 3.41. The SMILES string of the molecule is Cc1ccc(NC(=O)[C@@H](C)OC(=O)c2ccc(Cl)c(N)c2)cc1. The number of esters is 1. The van der Waals surface area contributed by atoms with Crippen LogP contribution in [0.2, 0.25) is 5.02 Å². The summed E-state index contributed by atoms with van der Waals surface area (Å²) in [5, 5.41) is 3.04. The van der Waals surface area contributed by atoms with Crippen LogP contribution in [-0.2, 0) is 9.53 Å². The molecule has 2 rings (SSSR count). The molecule has 0 heterocycles. The van der Waals surface area contributed by atoms with Gasteiger partial charge in [0.05, 0.1) is 16.3 Å². The molecule has 0 aromatic heterocycles. The quantitative estimate of drug-likeness (QED) is 0.664. The molecule has 1 atom stereocenters. The van der Waals surface area contributed by atoms with E-state index < -0.39 is 18.0 Å². The number of anilines is 2. The summed E-state index contributed by atoms with van der Waals surface area (Å²) in [5.74, 6) is -1.05. The van der Waals surface area contributed by atoms with E-state index in [2.05, 4.69) is 5.32 Å². The van der Waals surface area contributed by atoms with Gasteiger partial charge in [-0.3, -0.25) is 4.79 Å². The average molecular weight is 333 g/mol. The van der Waals surface area contributed by atoms with Gasteiger partial charge in [0.25, 0.3) is 5.91 Å². The maximum atomic E-state index is 12.1. The summed E-state index contributed by atoms with van der Waals surface area (Å²) in [7, 11) is 0. The van der Waals surface area contributed by atoms with Gasteiger partial charge in [0.1, 0.15) is 0 Å². The Morgan fingerprint density at radius 2 is 1.83 bits per heavy atom. The molecule has 0 aliphatic carbocycles. The summed E-state index contributed by atoms with van der Waals surface area (Å²) >= 11 is 5.80. The number of nitrogen functional groups attached to an aromatic ring is 1. The number of ether oxygens (including phenoxy) is 1. The molecule has 120 valence electrons. The van der Waals surface area contributed by atoms with Crippen LogP contribution in [0.15, 0.2) is 42.5 Å². The number of hydrogen-bond acceptors (Lipinski definition) is 4. The van der Waals surface area contributed by atoms with Crippen LogP contribution in [0.5, 0.6) is 0 Å². The largest absolute Gasteiger partial charge is 0.449 e. The summed E-state index contributed by atoms with van der Waals surface area (Å²) in [6, 6.07) is 11.7. The highest BCUT2D eigenvalue weighted by molar-refractivity contribution is 6.33. The van der Waals surface area contributed by atoms with E-state index >= 15 is 0 Å². The van der Waals surface area contributed by atoms with Crippen molar-refractivity contribution in [3.63, 3.8) is 0 Å². The van der Waals surface area contributed by atoms with E-state index in [4.69, 9.17) is 22.1 Å². The topological polar surface area (TPSA) is 81.4 Å². The van der Waals surface area contributed by atoms with Gasteiger partial charge in [-0.15, -0.1) is 0 Å². The van der Waals surface area contributed by atoms with Crippen molar-refractivity contribution in [3.05, 3.63) is 58.6 Å². The summed E-state index contributed by atoms with van der Waals surface area (Å²) in [5.41, 5.74) is 7.88. The van der Waals surface area contributed by atoms with Crippen LogP contribution in [-0.4, -0.2) is 18.0 Å². The number of amides is 1. The van der Waals surface area contributed by atoms with Crippen molar-refractivity contribution < 1.29 is 14.3 Å². The molecule has 3 N–H and O–H groups in total. The molecule has 0 radical (unpaired) electrons. The van der Waals surface area contributed by atoms with Gasteiger partial charge in [0.15, 0.2) is 6.10 Å². The fourth-order valence-electron chi connectivity index (χ4n) is 1.83. The maximum absolute atomic E-state index is 12.1. The molecular weight excluding hydrogens is 316 g/mol. The fraction of sp³-hybridized carbons (Fsp3) is 0.176. The lowest BCUT2D eigenvalue weighted by atomic mass is 10.2. The first-order chi connectivity index (χ1) is 10.9. The van der Waals surface area contributed by atoms with Crippen LogP contribution < -0.4 is 11.1 Å². The number of benzene rings is 2. The van der Waals surface area contributed by atoms with Crippen LogP contribution in [0.3, 0.4) is 0 Å². The zero-order chi connectivity index (χ0) is 17.0. The first-order valence-electron chi connectivity index (χ1n) is 7.00. The first kappa shape index (κ1) is 16.8. The molecule has 2 aromatic rings. The van der Waals surface area contributed by atoms with E-state index in [1.165, 1.54) is 25.1 Å². The highest BCUT2D eigenvalue weighted by Gasteiger charge is 2.19. The fourth-order valence-corrected chi connectivity index (χ4v) is 1.95. The Morgan fingerprint density at radius 3 is 2.43 bits per heavy atom. The highest BCUT2D eigenvalue weighted by atomic mass is 35.5. The molecule has 1 amide bonds. The van der Waals surface area contributed by atoms with Gasteiger partial charge in [0, 0.05) is 5.69 Å². The number of nitrogens with two attached hydrogens (primary N) is 1. The van der Waals surface area contributed by atoms with Gasteiger partial charge in [-0.25, -0.2) is 4.79 Å². The Kier molecular flexibility index (Phi) is 5.24. The van der Waals surface area contributed by atoms with Crippen LogP contribution >= 0.6 is 11.6 Å². The number of hydrogen-bond donors (Lipinski definition) is 2. The summed E-state index contributed by atoms with van der Waals surface area (Å²) in [4.78, 5) is 24.1. The minimum Gasteiger partial charge on any atom is -0.449 e. The highest BCUT2D eigenvalue weighted by Crippen LogP contribution is 2.20. The zero-order valence-corrected chi connectivity index (χ0v) is 13.6. The number of halogens is 1. The van der Waals surface area contributed by atoms with Crippen molar-refractivity contribution >= 4 is 34.9 Å². The molecule has 5 nitrogen and oxygen atoms in total. The molecule has 0 aliphatic heterocycles. The van der Waals surface area contributed by atoms with Crippen molar-refractivity contribution in [2.45, 2.75) is 20.0 Å². The molecule has 0 fully saturated rings. The third kappa shape index (κ3) is 4.47. The summed E-state index contributed by atoms with van der Waals surface area (Å²) in [6.45, 7) is 3.45. The predicted molar refractivity (Wildman–Crippen MR) is 90.6 cm³/mol. The molecule has 0 aliphatic rings. The second kappa shape index (κ2) is 7.15. The zero-order valence-electron chi connectivity index (χ0n) is 12.8. The van der Waals surface area contributed by atoms with E-state index in [-0.39, 0.29) is 11.3 Å². The van der Waals surface area contributed by atoms with Crippen molar-refractivity contribution in [1.29, 1.82) is 0 Å². The minimum atomic E-state index is -0.944. The summed E-state index contributed by atoms with van der Waals surface area (Å²) < 4.78 is 5.14. The van der Waals surface area contributed by atoms with E-state index in [1.807, 2.05) is 19.1 Å². The van der Waals surface area contributed by atoms with Crippen LogP contribution in [0.25, 0.3) is 0 Å². The molecule has 6 heteroatoms. The molecule has 0 bridgehead atoms. The lowest BCUT2D eigenvalue weighted by Crippen LogP contribution is -2.30. The number of carbonyl (C=O) groups is 2. The van der Waals surface area contributed by atoms with E-state index in [0.29, 0.717) is 10.7 Å². The molecule has 23 heavy (non-hydrogen) atoms. The number of rotatable bonds is 4. The molecule has 0 spiro atoms. The number of nitrogens with one attached hydrogen (secondary N) is 1. The second-order valence-corrected chi connectivity index (χ2v) is 5.55. The lowest BCUT2D eigenvalue weighted by molar-refractivity contribution is -0.123. The van der Waals surface area contributed by atoms with Gasteiger partial charge in [-0.1, -0.05) is 29.3 Å². The Balaban J connectivity index is 1.98. The van der Waals surface area contributed by atoms with Crippen molar-refractivity contribution in [2.24, 2.45) is 0 Å². The molecule has 0 saturated heterocycles. The van der Waals surface area contributed by atoms with Gasteiger partial charge < -0.3 is 15.8 Å². The van der Waals surface area contributed by atoms with E-state index in [9.17, 15) is 9.59 Å². The first-order valence-corrected chi connectivity index (χ1v) is 7.38. The van der Waals surface area contributed by atoms with Crippen LogP contribution in [0, 0.1) is 6.92 Å². The van der Waals surface area contributed by atoms with Gasteiger partial charge in [-0.2, -0.15) is 0 Å². The van der Waals surface area contributed by atoms with E-state index in [1.54, 1.807) is 12.1 Å². The molecular formula is C17H17ClN2O3. The third-order valence-electron chi connectivity index (χ3n) is 3.20.